The van der Waals surface area contributed by atoms with Gasteiger partial charge < -0.3 is 19.6 Å². The normalized spacial score (nSPS) is 16.8. The van der Waals surface area contributed by atoms with Gasteiger partial charge in [0.15, 0.2) is 0 Å². The minimum Gasteiger partial charge on any atom is -0.444 e. The first kappa shape index (κ1) is 20.3. The summed E-state index contributed by atoms with van der Waals surface area (Å²) >= 11 is 9.78. The van der Waals surface area contributed by atoms with Crippen LogP contribution < -0.4 is 4.90 Å². The van der Waals surface area contributed by atoms with Crippen molar-refractivity contribution in [2.45, 2.75) is 45.8 Å². The lowest BCUT2D eigenvalue weighted by Gasteiger charge is -2.37. The minimum atomic E-state index is -0.591. The van der Waals surface area contributed by atoms with Crippen LogP contribution in [-0.2, 0) is 4.74 Å². The molecule has 1 aliphatic rings. The molecule has 1 aliphatic heterocycles. The molecule has 0 bridgehead atoms. The molecule has 0 radical (unpaired) electrons. The van der Waals surface area contributed by atoms with Gasteiger partial charge in [0.05, 0.1) is 11.1 Å². The third-order valence-electron chi connectivity index (χ3n) is 4.08. The molecule has 1 atom stereocenters. The van der Waals surface area contributed by atoms with Crippen molar-refractivity contribution < 1.29 is 14.6 Å². The highest BCUT2D eigenvalue weighted by Gasteiger charge is 2.26. The summed E-state index contributed by atoms with van der Waals surface area (Å²) in [5.41, 5.74) is 1.23. The molecule has 1 amide bonds. The number of piperazine rings is 1. The standard InChI is InChI=1S/C18H26BrClN2O3/c1-5-15(23)13-10-12(11-14(19)16(13)20)21-6-8-22(9-7-21)17(24)25-18(2,3)4/h10-11,15,23H,5-9H2,1-4H3/t15-/m0/s1. The van der Waals surface area contributed by atoms with E-state index in [9.17, 15) is 9.90 Å². The van der Waals surface area contributed by atoms with Crippen molar-refractivity contribution in [2.75, 3.05) is 31.1 Å². The van der Waals surface area contributed by atoms with Crippen LogP contribution >= 0.6 is 27.5 Å². The first-order chi connectivity index (χ1) is 11.6. The second kappa shape index (κ2) is 8.14. The average Bonchev–Trinajstić information content (AvgIpc) is 2.55. The summed E-state index contributed by atoms with van der Waals surface area (Å²) in [6, 6.07) is 3.89. The number of benzene rings is 1. The fourth-order valence-electron chi connectivity index (χ4n) is 2.71. The molecule has 25 heavy (non-hydrogen) atoms. The quantitative estimate of drug-likeness (QED) is 0.757. The molecule has 7 heteroatoms. The second-order valence-electron chi connectivity index (χ2n) is 7.21. The number of carbonyl (C=O) groups excluding carboxylic acids is 1. The van der Waals surface area contributed by atoms with Crippen molar-refractivity contribution in [3.05, 3.63) is 27.2 Å². The maximum atomic E-state index is 12.2. The molecule has 140 valence electrons. The number of aliphatic hydroxyl groups is 1. The lowest BCUT2D eigenvalue weighted by Crippen LogP contribution is -2.50. The molecular formula is C18H26BrClN2O3. The van der Waals surface area contributed by atoms with Crippen molar-refractivity contribution >= 4 is 39.3 Å². The molecule has 0 saturated carbocycles. The molecule has 0 aliphatic carbocycles. The van der Waals surface area contributed by atoms with Crippen molar-refractivity contribution in [3.8, 4) is 0 Å². The summed E-state index contributed by atoms with van der Waals surface area (Å²) in [5, 5.41) is 10.7. The number of rotatable bonds is 3. The highest BCUT2D eigenvalue weighted by atomic mass is 79.9. The molecule has 1 fully saturated rings. The minimum absolute atomic E-state index is 0.272. The van der Waals surface area contributed by atoms with E-state index in [0.717, 1.165) is 15.7 Å². The number of carbonyl (C=O) groups is 1. The molecule has 2 rings (SSSR count). The van der Waals surface area contributed by atoms with Crippen LogP contribution in [0.1, 0.15) is 45.8 Å². The topological polar surface area (TPSA) is 53.0 Å². The van der Waals surface area contributed by atoms with E-state index in [1.54, 1.807) is 4.90 Å². The van der Waals surface area contributed by atoms with Crippen molar-refractivity contribution in [3.63, 3.8) is 0 Å². The largest absolute Gasteiger partial charge is 0.444 e. The van der Waals surface area contributed by atoms with E-state index >= 15 is 0 Å². The van der Waals surface area contributed by atoms with Crippen LogP contribution in [0, 0.1) is 0 Å². The number of nitrogens with zero attached hydrogens (tertiary/aromatic N) is 2. The third kappa shape index (κ3) is 5.25. The average molecular weight is 434 g/mol. The van der Waals surface area contributed by atoms with Gasteiger partial charge in [-0.05, 0) is 55.3 Å². The lowest BCUT2D eigenvalue weighted by atomic mass is 10.1. The van der Waals surface area contributed by atoms with E-state index in [1.807, 2.05) is 39.8 Å². The Balaban J connectivity index is 2.08. The second-order valence-corrected chi connectivity index (χ2v) is 8.44. The smallest absolute Gasteiger partial charge is 0.410 e. The van der Waals surface area contributed by atoms with Crippen LogP contribution in [-0.4, -0.2) is 47.9 Å². The highest BCUT2D eigenvalue weighted by molar-refractivity contribution is 9.10. The Hall–Kier alpha value is -0.980. The van der Waals surface area contributed by atoms with Crippen molar-refractivity contribution in [1.82, 2.24) is 4.90 Å². The van der Waals surface area contributed by atoms with Gasteiger partial charge in [0.1, 0.15) is 5.60 Å². The molecule has 0 unspecified atom stereocenters. The number of hydrogen-bond donors (Lipinski definition) is 1. The summed E-state index contributed by atoms with van der Waals surface area (Å²) in [6.07, 6.45) is -0.263. The fourth-order valence-corrected chi connectivity index (χ4v) is 3.41. The van der Waals surface area contributed by atoms with Crippen LogP contribution in [0.4, 0.5) is 10.5 Å². The number of anilines is 1. The number of hydrogen-bond acceptors (Lipinski definition) is 4. The Kier molecular flexibility index (Phi) is 6.62. The Bertz CT molecular complexity index is 625. The Labute approximate surface area is 163 Å². The van der Waals surface area contributed by atoms with Crippen LogP contribution in [0.15, 0.2) is 16.6 Å². The maximum absolute atomic E-state index is 12.2. The van der Waals surface area contributed by atoms with E-state index in [0.29, 0.717) is 37.6 Å². The molecule has 1 aromatic carbocycles. The zero-order valence-electron chi connectivity index (χ0n) is 15.2. The van der Waals surface area contributed by atoms with Crippen molar-refractivity contribution in [2.24, 2.45) is 0 Å². The lowest BCUT2D eigenvalue weighted by molar-refractivity contribution is 0.0240. The zero-order chi connectivity index (χ0) is 18.8. The summed E-state index contributed by atoms with van der Waals surface area (Å²) < 4.78 is 6.20. The van der Waals surface area contributed by atoms with Crippen molar-refractivity contribution in [1.29, 1.82) is 0 Å². The Morgan fingerprint density at radius 1 is 1.32 bits per heavy atom. The predicted molar refractivity (Wildman–Crippen MR) is 104 cm³/mol. The van der Waals surface area contributed by atoms with Crippen LogP contribution in [0.3, 0.4) is 0 Å². The summed E-state index contributed by atoms with van der Waals surface area (Å²) in [7, 11) is 0. The van der Waals surface area contributed by atoms with E-state index in [2.05, 4.69) is 20.8 Å². The molecule has 5 nitrogen and oxygen atoms in total. The SMILES string of the molecule is CC[C@H](O)c1cc(N2CCN(C(=O)OC(C)(C)C)CC2)cc(Br)c1Cl. The molecule has 1 aromatic rings. The number of aliphatic hydroxyl groups excluding tert-OH is 1. The first-order valence-electron chi connectivity index (χ1n) is 8.52. The van der Waals surface area contributed by atoms with E-state index in [1.165, 1.54) is 0 Å². The van der Waals surface area contributed by atoms with Gasteiger partial charge in [-0.1, -0.05) is 18.5 Å². The summed E-state index contributed by atoms with van der Waals surface area (Å²) in [5.74, 6) is 0. The summed E-state index contributed by atoms with van der Waals surface area (Å²) in [4.78, 5) is 16.1. The highest BCUT2D eigenvalue weighted by Crippen LogP contribution is 2.36. The van der Waals surface area contributed by atoms with E-state index in [4.69, 9.17) is 16.3 Å². The van der Waals surface area contributed by atoms with E-state index in [-0.39, 0.29) is 6.09 Å². The molecule has 1 heterocycles. The maximum Gasteiger partial charge on any atom is 0.410 e. The molecular weight excluding hydrogens is 408 g/mol. The molecule has 0 aromatic heterocycles. The first-order valence-corrected chi connectivity index (χ1v) is 9.69. The zero-order valence-corrected chi connectivity index (χ0v) is 17.5. The summed E-state index contributed by atoms with van der Waals surface area (Å²) in [6.45, 7) is 10.1. The van der Waals surface area contributed by atoms with Gasteiger partial charge in [-0.3, -0.25) is 0 Å². The van der Waals surface area contributed by atoms with Crippen LogP contribution in [0.5, 0.6) is 0 Å². The van der Waals surface area contributed by atoms with Crippen LogP contribution in [0.2, 0.25) is 5.02 Å². The molecule has 1 saturated heterocycles. The van der Waals surface area contributed by atoms with Gasteiger partial charge in [0, 0.05) is 41.9 Å². The van der Waals surface area contributed by atoms with Gasteiger partial charge in [-0.15, -0.1) is 0 Å². The Morgan fingerprint density at radius 3 is 2.44 bits per heavy atom. The molecule has 1 N–H and O–H groups in total. The van der Waals surface area contributed by atoms with Gasteiger partial charge in [-0.25, -0.2) is 4.79 Å². The van der Waals surface area contributed by atoms with Gasteiger partial charge >= 0.3 is 6.09 Å². The van der Waals surface area contributed by atoms with Gasteiger partial charge in [0.25, 0.3) is 0 Å². The number of amides is 1. The number of ether oxygens (including phenoxy) is 1. The predicted octanol–water partition coefficient (Wildman–Crippen LogP) is 4.60. The van der Waals surface area contributed by atoms with Crippen LogP contribution in [0.25, 0.3) is 0 Å². The van der Waals surface area contributed by atoms with E-state index < -0.39 is 11.7 Å². The Morgan fingerprint density at radius 2 is 1.92 bits per heavy atom. The van der Waals surface area contributed by atoms with Gasteiger partial charge in [0.2, 0.25) is 0 Å². The fraction of sp³-hybridized carbons (Fsp3) is 0.611. The molecule has 0 spiro atoms. The third-order valence-corrected chi connectivity index (χ3v) is 5.36. The monoisotopic (exact) mass is 432 g/mol. The van der Waals surface area contributed by atoms with Gasteiger partial charge in [-0.2, -0.15) is 0 Å². The number of halogens is 2.